The van der Waals surface area contributed by atoms with E-state index >= 15 is 0 Å². The minimum Gasteiger partial charge on any atom is -0.550 e. The van der Waals surface area contributed by atoms with E-state index in [2.05, 4.69) is 31.0 Å². The van der Waals surface area contributed by atoms with Gasteiger partial charge < -0.3 is 48.7 Å². The Morgan fingerprint density at radius 2 is 1.43 bits per heavy atom. The summed E-state index contributed by atoms with van der Waals surface area (Å²) < 4.78 is 34.2. The summed E-state index contributed by atoms with van der Waals surface area (Å²) in [5.74, 6) is -1.41. The first-order chi connectivity index (χ1) is 32.1. The van der Waals surface area contributed by atoms with Gasteiger partial charge in [-0.05, 0) is 120 Å². The molecule has 5 aliphatic rings. The zero-order valence-corrected chi connectivity index (χ0v) is 51.2. The number of nitrogens with zero attached hydrogens (tertiary/aromatic N) is 1. The van der Waals surface area contributed by atoms with Gasteiger partial charge in [0.1, 0.15) is 30.5 Å². The maximum absolute atomic E-state index is 12.8. The summed E-state index contributed by atoms with van der Waals surface area (Å²) in [6.45, 7) is 26.4. The predicted octanol–water partition coefficient (Wildman–Crippen LogP) is 3.89. The number of hydrogen-bond donors (Lipinski definition) is 2. The second-order valence-corrected chi connectivity index (χ2v) is 22.6. The second kappa shape index (κ2) is 29.2. The zero-order chi connectivity index (χ0) is 51.9. The Kier molecular flexibility index (Phi) is 26.8. The maximum atomic E-state index is 12.8. The summed E-state index contributed by atoms with van der Waals surface area (Å²) in [4.78, 5) is 83.2. The van der Waals surface area contributed by atoms with Crippen molar-refractivity contribution in [1.82, 2.24) is 10.2 Å². The van der Waals surface area contributed by atoms with Gasteiger partial charge in [0, 0.05) is 82.5 Å². The van der Waals surface area contributed by atoms with Crippen LogP contribution in [0.5, 0.6) is 0 Å². The van der Waals surface area contributed by atoms with Crippen molar-refractivity contribution in [2.45, 2.75) is 190 Å². The molecule has 1 unspecified atom stereocenters. The molecule has 1 aliphatic heterocycles. The molecule has 18 heteroatoms. The van der Waals surface area contributed by atoms with Gasteiger partial charge in [-0.2, -0.15) is 0 Å². The van der Waals surface area contributed by atoms with Gasteiger partial charge in [0.25, 0.3) is 0 Å². The van der Waals surface area contributed by atoms with Gasteiger partial charge in [-0.25, -0.2) is 4.79 Å². The summed E-state index contributed by atoms with van der Waals surface area (Å²) in [7, 11) is 0. The molecule has 0 aromatic rings. The molecular weight excluding hydrogens is 1030 g/mol. The summed E-state index contributed by atoms with van der Waals surface area (Å²) in [5, 5.41) is 20.9. The molecule has 396 valence electrons. The molecule has 4 saturated carbocycles. The predicted molar refractivity (Wildman–Crippen MR) is 254 cm³/mol. The van der Waals surface area contributed by atoms with E-state index in [1.807, 2.05) is 0 Å². The average molecular weight is 1110 g/mol. The number of carbonyl (C=O) groups is 7. The third kappa shape index (κ3) is 20.1. The number of esters is 4. The number of aliphatic carboxylic acids is 2. The van der Waals surface area contributed by atoms with Crippen molar-refractivity contribution in [3.8, 4) is 0 Å². The number of alkyl carbamates (subject to hydrolysis) is 1. The monoisotopic (exact) mass is 1110 g/mol. The van der Waals surface area contributed by atoms with Gasteiger partial charge in [0.15, 0.2) is 0 Å². The fourth-order valence-electron chi connectivity index (χ4n) is 11.9. The smallest absolute Gasteiger partial charge is 0.550 e. The third-order valence-electron chi connectivity index (χ3n) is 15.3. The van der Waals surface area contributed by atoms with Crippen LogP contribution in [0.4, 0.5) is 4.79 Å². The Labute approximate surface area is 476 Å². The first-order valence-electron chi connectivity index (χ1n) is 25.5. The molecule has 0 bridgehead atoms. The molecule has 1 saturated heterocycles. The Morgan fingerprint density at radius 1 is 0.814 bits per heavy atom. The molecule has 17 nitrogen and oxygen atoms in total. The topological polar surface area (TPSA) is 233 Å². The van der Waals surface area contributed by atoms with Gasteiger partial charge in [0.2, 0.25) is 0 Å². The zero-order valence-electron chi connectivity index (χ0n) is 44.9. The van der Waals surface area contributed by atoms with Crippen molar-refractivity contribution in [3.05, 3.63) is 0 Å². The number of fused-ring (bicyclic) bond motifs is 5. The van der Waals surface area contributed by atoms with Crippen LogP contribution >= 0.6 is 0 Å². The van der Waals surface area contributed by atoms with Crippen molar-refractivity contribution < 1.29 is 141 Å². The van der Waals surface area contributed by atoms with Crippen molar-refractivity contribution in [3.63, 3.8) is 0 Å². The number of hydrogen-bond acceptors (Lipinski definition) is 15. The number of morpholine rings is 1. The van der Waals surface area contributed by atoms with E-state index in [1.54, 1.807) is 41.5 Å². The van der Waals surface area contributed by atoms with Crippen LogP contribution in [0.1, 0.15) is 167 Å². The molecule has 70 heavy (non-hydrogen) atoms. The van der Waals surface area contributed by atoms with Gasteiger partial charge >= 0.3 is 105 Å². The number of amides is 1. The van der Waals surface area contributed by atoms with Crippen molar-refractivity contribution >= 4 is 41.9 Å². The fourth-order valence-corrected chi connectivity index (χ4v) is 11.9. The maximum Gasteiger partial charge on any atom is 1.00 e. The van der Waals surface area contributed by atoms with E-state index in [0.717, 1.165) is 97.1 Å². The SMILES string of the molecule is CC(=O)O[C@@H]1CC[C@@]2(C)[C@@H](C1)C[C@@H](OC(C)=O)[C@@H]1[C@@H]2C[C@H](OC(C)=O)[C@]2(C)[C@@H](C(C)CCC(=O)OCCN3CCOCC3)CC[C@@H]12.CC(C)(C)C(=O)[O-].CC(C)(C)OC(=O)NCCCCCC(=O)O.[Cs+]. The van der Waals surface area contributed by atoms with Gasteiger partial charge in [-0.3, -0.25) is 28.9 Å². The van der Waals surface area contributed by atoms with Crippen LogP contribution in [-0.2, 0) is 57.2 Å². The Hall–Kier alpha value is -1.94. The number of ether oxygens (including phenoxy) is 6. The first-order valence-corrected chi connectivity index (χ1v) is 25.5. The molecule has 1 amide bonds. The molecule has 5 fully saturated rings. The van der Waals surface area contributed by atoms with Crippen LogP contribution in [0.2, 0.25) is 0 Å². The molecule has 5 rings (SSSR count). The average Bonchev–Trinajstić information content (AvgIpc) is 3.59. The van der Waals surface area contributed by atoms with Gasteiger partial charge in [-0.15, -0.1) is 0 Å². The summed E-state index contributed by atoms with van der Waals surface area (Å²) >= 11 is 0. The van der Waals surface area contributed by atoms with E-state index in [0.29, 0.717) is 26.0 Å². The van der Waals surface area contributed by atoms with Crippen LogP contribution in [-0.4, -0.2) is 122 Å². The number of rotatable bonds is 16. The number of carboxylic acids is 2. The van der Waals surface area contributed by atoms with E-state index in [4.69, 9.17) is 33.5 Å². The van der Waals surface area contributed by atoms with E-state index in [9.17, 15) is 38.7 Å². The Bertz CT molecular complexity index is 1730. The van der Waals surface area contributed by atoms with E-state index < -0.39 is 29.0 Å². The third-order valence-corrected chi connectivity index (χ3v) is 15.3. The molecule has 0 radical (unpaired) electrons. The molecule has 0 aromatic carbocycles. The molecule has 1 heterocycles. The largest absolute Gasteiger partial charge is 1.00 e. The van der Waals surface area contributed by atoms with Crippen LogP contribution in [0.3, 0.4) is 0 Å². The van der Waals surface area contributed by atoms with E-state index in [-0.39, 0.29) is 164 Å². The Balaban J connectivity index is 0.000000581. The number of carboxylic acid groups (broad SMARTS) is 2. The van der Waals surface area contributed by atoms with Gasteiger partial charge in [-0.1, -0.05) is 48.0 Å². The molecule has 0 spiro atoms. The van der Waals surface area contributed by atoms with Crippen LogP contribution in [0, 0.1) is 51.8 Å². The minimum atomic E-state index is -1.01. The molecule has 0 aromatic heterocycles. The van der Waals surface area contributed by atoms with Gasteiger partial charge in [0.05, 0.1) is 13.2 Å². The standard InChI is InChI=1S/C36H57NO9.C11H21NO4.C5H10O2.Cs/c1-22(7-10-33(41)43-18-15-37-13-16-42-17-14-37)28-8-9-29-34-30(21-32(36(28,29)6)46-25(4)40)35(5)12-11-27(44-23(2)38)19-26(35)20-31(34)45-24(3)39;1-11(2,3)16-10(15)12-8-6-4-5-7-9(13)14;1-5(2,3)4(6)7;/h22,26-32,34H,7-21H2,1-6H3;4-8H2,1-3H3,(H,12,15)(H,13,14);1-3H3,(H,6,7);/q;;;+1/p-1/t22?,26-,27+,28+,29-,30-,31+,32-,34-,35-,36+;;;/m0.../s1. The number of carbonyl (C=O) groups excluding carboxylic acids is 6. The first kappa shape index (κ1) is 64.2. The van der Waals surface area contributed by atoms with Crippen molar-refractivity contribution in [2.75, 3.05) is 46.0 Å². The Morgan fingerprint density at radius 3 is 1.99 bits per heavy atom. The number of unbranched alkanes of at least 4 members (excludes halogenated alkanes) is 2. The molecule has 11 atom stereocenters. The molecule has 4 aliphatic carbocycles. The normalized spacial score (nSPS) is 29.7. The summed E-state index contributed by atoms with van der Waals surface area (Å²) in [6.07, 6.45) is 8.40. The molecule has 2 N–H and O–H groups in total. The fraction of sp³-hybridized carbons (Fsp3) is 0.865. The van der Waals surface area contributed by atoms with Crippen LogP contribution in [0.15, 0.2) is 0 Å². The van der Waals surface area contributed by atoms with Crippen LogP contribution in [0.25, 0.3) is 0 Å². The number of nitrogens with one attached hydrogen (secondary N) is 1. The second-order valence-electron chi connectivity index (χ2n) is 22.6. The summed E-state index contributed by atoms with van der Waals surface area (Å²) in [6, 6.07) is 0. The van der Waals surface area contributed by atoms with Crippen molar-refractivity contribution in [2.24, 2.45) is 51.8 Å². The van der Waals surface area contributed by atoms with Crippen LogP contribution < -0.4 is 79.3 Å². The quantitative estimate of drug-likeness (QED) is 0.127. The van der Waals surface area contributed by atoms with Crippen molar-refractivity contribution in [1.29, 1.82) is 0 Å². The minimum absolute atomic E-state index is 0. The summed E-state index contributed by atoms with van der Waals surface area (Å²) in [5.41, 5.74) is -1.51. The van der Waals surface area contributed by atoms with E-state index in [1.165, 1.54) is 20.8 Å². The molecular formula is C52H87CsN2O15.